The van der Waals surface area contributed by atoms with Gasteiger partial charge in [-0.25, -0.2) is 9.13 Å². The van der Waals surface area contributed by atoms with Gasteiger partial charge in [0.1, 0.15) is 19.3 Å². The lowest BCUT2D eigenvalue weighted by Crippen LogP contribution is -2.30. The molecule has 0 aliphatic carbocycles. The molecule has 0 saturated heterocycles. The van der Waals surface area contributed by atoms with Gasteiger partial charge >= 0.3 is 39.5 Å². The number of esters is 4. The van der Waals surface area contributed by atoms with E-state index in [2.05, 4.69) is 41.5 Å². The standard InChI is InChI=1S/C77H150O17P2/c1-7-9-11-13-14-15-16-17-27-33-38-43-49-55-61-76(81)93-72(65-87-74(79)59-53-45-12-10-8-2)67-91-95(83,84)89-63-71(78)64-90-96(85,86)92-68-73(66-88-75(80)60-54-48-42-37-32-28-24-20-22-26-31-36-41-47-52-58-70(5)6)94-77(82)62-56-50-44-39-34-29-23-19-18-21-25-30-35-40-46-51-57-69(3)4/h69-73,78H,7-68H2,1-6H3,(H,83,84)(H,85,86)/t71-,72+,73+/m0/s1. The van der Waals surface area contributed by atoms with E-state index in [9.17, 15) is 43.2 Å². The van der Waals surface area contributed by atoms with Crippen LogP contribution in [-0.2, 0) is 65.4 Å². The maximum absolute atomic E-state index is 13.1. The fraction of sp³-hybridized carbons (Fsp3) is 0.948. The van der Waals surface area contributed by atoms with Crippen LogP contribution in [0.3, 0.4) is 0 Å². The minimum absolute atomic E-state index is 0.107. The Morgan fingerprint density at radius 1 is 0.281 bits per heavy atom. The number of aliphatic hydroxyl groups excluding tert-OH is 1. The van der Waals surface area contributed by atoms with Crippen LogP contribution in [0.15, 0.2) is 0 Å². The third-order valence-corrected chi connectivity index (χ3v) is 19.9. The number of phosphoric ester groups is 2. The number of hydrogen-bond acceptors (Lipinski definition) is 15. The molecule has 0 radical (unpaired) electrons. The molecular weight excluding hydrogens is 1260 g/mol. The van der Waals surface area contributed by atoms with Crippen LogP contribution in [0.4, 0.5) is 0 Å². The molecule has 19 heteroatoms. The minimum atomic E-state index is -4.96. The number of ether oxygens (including phenoxy) is 4. The van der Waals surface area contributed by atoms with Crippen molar-refractivity contribution in [1.29, 1.82) is 0 Å². The van der Waals surface area contributed by atoms with E-state index in [1.54, 1.807) is 0 Å². The van der Waals surface area contributed by atoms with E-state index in [-0.39, 0.29) is 25.7 Å². The number of unbranched alkanes of at least 4 members (excludes halogenated alkanes) is 46. The van der Waals surface area contributed by atoms with Crippen molar-refractivity contribution in [2.45, 2.75) is 419 Å². The number of hydrogen-bond donors (Lipinski definition) is 3. The SMILES string of the molecule is CCCCCCCCCCCCCCCCC(=O)O[C@H](COC(=O)CCCCCCC)COP(=O)(O)OC[C@H](O)COP(=O)(O)OC[C@@H](COC(=O)CCCCCCCCCCCCCCCCCC(C)C)OC(=O)CCCCCCCCCCCCCCCCCCC(C)C. The first-order valence-corrected chi connectivity index (χ1v) is 43.0. The van der Waals surface area contributed by atoms with E-state index in [0.29, 0.717) is 25.7 Å². The lowest BCUT2D eigenvalue weighted by Gasteiger charge is -2.21. The molecule has 3 N–H and O–H groups in total. The Kier molecular flexibility index (Phi) is 67.4. The largest absolute Gasteiger partial charge is 0.472 e. The van der Waals surface area contributed by atoms with E-state index in [0.717, 1.165) is 108 Å². The van der Waals surface area contributed by atoms with Crippen LogP contribution >= 0.6 is 15.6 Å². The highest BCUT2D eigenvalue weighted by atomic mass is 31.2. The maximum Gasteiger partial charge on any atom is 0.472 e. The Bertz CT molecular complexity index is 1860. The highest BCUT2D eigenvalue weighted by Gasteiger charge is 2.30. The smallest absolute Gasteiger partial charge is 0.462 e. The van der Waals surface area contributed by atoms with Gasteiger partial charge in [-0.05, 0) is 37.5 Å². The van der Waals surface area contributed by atoms with Gasteiger partial charge in [-0.3, -0.25) is 37.3 Å². The highest BCUT2D eigenvalue weighted by molar-refractivity contribution is 7.47. The first-order chi connectivity index (χ1) is 46.4. The quantitative estimate of drug-likeness (QED) is 0.0222. The van der Waals surface area contributed by atoms with Crippen LogP contribution in [0.2, 0.25) is 0 Å². The molecule has 0 fully saturated rings. The van der Waals surface area contributed by atoms with Gasteiger partial charge in [0.15, 0.2) is 12.2 Å². The first-order valence-electron chi connectivity index (χ1n) is 40.0. The van der Waals surface area contributed by atoms with Crippen molar-refractivity contribution in [3.8, 4) is 0 Å². The van der Waals surface area contributed by atoms with Crippen molar-refractivity contribution in [3.63, 3.8) is 0 Å². The summed E-state index contributed by atoms with van der Waals surface area (Å²) in [5.41, 5.74) is 0. The first kappa shape index (κ1) is 94.1. The van der Waals surface area contributed by atoms with E-state index in [4.69, 9.17) is 37.0 Å². The van der Waals surface area contributed by atoms with Gasteiger partial charge < -0.3 is 33.8 Å². The Balaban J connectivity index is 5.14. The summed E-state index contributed by atoms with van der Waals surface area (Å²) >= 11 is 0. The zero-order valence-electron chi connectivity index (χ0n) is 62.7. The lowest BCUT2D eigenvalue weighted by molar-refractivity contribution is -0.161. The second kappa shape index (κ2) is 68.8. The fourth-order valence-electron chi connectivity index (χ4n) is 11.8. The molecule has 0 aromatic rings. The fourth-order valence-corrected chi connectivity index (χ4v) is 13.4. The molecule has 0 amide bonds. The van der Waals surface area contributed by atoms with Crippen molar-refractivity contribution < 1.29 is 80.2 Å². The van der Waals surface area contributed by atoms with Crippen LogP contribution in [-0.4, -0.2) is 96.7 Å². The van der Waals surface area contributed by atoms with Gasteiger partial charge in [-0.2, -0.15) is 0 Å². The van der Waals surface area contributed by atoms with Crippen molar-refractivity contribution in [2.75, 3.05) is 39.6 Å². The number of carbonyl (C=O) groups is 4. The molecule has 0 rings (SSSR count). The number of rotatable bonds is 76. The third kappa shape index (κ3) is 70.5. The summed E-state index contributed by atoms with van der Waals surface area (Å²) in [6.07, 6.45) is 57.3. The Hall–Kier alpha value is -1.94. The van der Waals surface area contributed by atoms with Gasteiger partial charge in [0.05, 0.1) is 26.4 Å². The normalized spacial score (nSPS) is 14.0. The number of aliphatic hydroxyl groups is 1. The van der Waals surface area contributed by atoms with Gasteiger partial charge in [0, 0.05) is 25.7 Å². The molecule has 17 nitrogen and oxygen atoms in total. The molecule has 0 aliphatic rings. The summed E-state index contributed by atoms with van der Waals surface area (Å²) < 4.78 is 68.3. The predicted molar refractivity (Wildman–Crippen MR) is 391 cm³/mol. The number of phosphoric acid groups is 2. The van der Waals surface area contributed by atoms with Crippen molar-refractivity contribution in [1.82, 2.24) is 0 Å². The van der Waals surface area contributed by atoms with Gasteiger partial charge in [0.2, 0.25) is 0 Å². The molecule has 0 aromatic heterocycles. The maximum atomic E-state index is 13.1. The summed E-state index contributed by atoms with van der Waals surface area (Å²) in [6.45, 7) is 9.58. The predicted octanol–water partition coefficient (Wildman–Crippen LogP) is 22.7. The van der Waals surface area contributed by atoms with Crippen molar-refractivity contribution in [3.05, 3.63) is 0 Å². The average Bonchev–Trinajstić information content (AvgIpc) is 1.55. The van der Waals surface area contributed by atoms with Crippen LogP contribution in [0, 0.1) is 11.8 Å². The van der Waals surface area contributed by atoms with Crippen LogP contribution in [0.25, 0.3) is 0 Å². The highest BCUT2D eigenvalue weighted by Crippen LogP contribution is 2.45. The van der Waals surface area contributed by atoms with Crippen LogP contribution < -0.4 is 0 Å². The van der Waals surface area contributed by atoms with E-state index in [1.807, 2.05) is 0 Å². The van der Waals surface area contributed by atoms with Crippen LogP contribution in [0.5, 0.6) is 0 Å². The molecule has 2 unspecified atom stereocenters. The topological polar surface area (TPSA) is 237 Å². The van der Waals surface area contributed by atoms with E-state index >= 15 is 0 Å². The summed E-state index contributed by atoms with van der Waals surface area (Å²) in [6, 6.07) is 0. The van der Waals surface area contributed by atoms with E-state index < -0.39 is 97.5 Å². The number of carbonyl (C=O) groups excluding carboxylic acids is 4. The van der Waals surface area contributed by atoms with Gasteiger partial charge in [-0.15, -0.1) is 0 Å². The van der Waals surface area contributed by atoms with Crippen molar-refractivity contribution >= 4 is 39.5 Å². The monoisotopic (exact) mass is 1410 g/mol. The zero-order chi connectivity index (χ0) is 70.7. The Morgan fingerprint density at radius 3 is 0.708 bits per heavy atom. The van der Waals surface area contributed by atoms with Crippen LogP contribution in [0.1, 0.15) is 401 Å². The zero-order valence-corrected chi connectivity index (χ0v) is 64.5. The van der Waals surface area contributed by atoms with Gasteiger partial charge in [0.25, 0.3) is 0 Å². The molecule has 0 saturated carbocycles. The molecule has 570 valence electrons. The molecule has 0 bridgehead atoms. The third-order valence-electron chi connectivity index (χ3n) is 18.0. The summed E-state index contributed by atoms with van der Waals surface area (Å²) in [5.74, 6) is -0.509. The molecular formula is C77H150O17P2. The summed E-state index contributed by atoms with van der Waals surface area (Å²) in [7, 11) is -9.90. The molecule has 96 heavy (non-hydrogen) atoms. The van der Waals surface area contributed by atoms with E-state index in [1.165, 1.54) is 212 Å². The Morgan fingerprint density at radius 2 is 0.479 bits per heavy atom. The molecule has 0 aromatic carbocycles. The second-order valence-electron chi connectivity index (χ2n) is 28.7. The molecule has 0 heterocycles. The van der Waals surface area contributed by atoms with Gasteiger partial charge in [-0.1, -0.05) is 350 Å². The Labute approximate surface area is 588 Å². The summed E-state index contributed by atoms with van der Waals surface area (Å²) in [4.78, 5) is 72.6. The molecule has 0 spiro atoms. The second-order valence-corrected chi connectivity index (χ2v) is 31.6. The minimum Gasteiger partial charge on any atom is -0.462 e. The lowest BCUT2D eigenvalue weighted by atomic mass is 10.0. The molecule has 5 atom stereocenters. The average molecular weight is 1410 g/mol. The summed E-state index contributed by atoms with van der Waals surface area (Å²) in [5, 5.41) is 10.6. The van der Waals surface area contributed by atoms with Crippen molar-refractivity contribution in [2.24, 2.45) is 11.8 Å². The molecule has 0 aliphatic heterocycles.